The lowest BCUT2D eigenvalue weighted by atomic mass is 10.1. The Hall–Kier alpha value is -3.42. The van der Waals surface area contributed by atoms with E-state index in [0.29, 0.717) is 5.56 Å². The zero-order chi connectivity index (χ0) is 22.3. The highest BCUT2D eigenvalue weighted by molar-refractivity contribution is 5.99. The molecule has 0 fully saturated rings. The maximum absolute atomic E-state index is 13.6. The van der Waals surface area contributed by atoms with Gasteiger partial charge in [-0.1, -0.05) is 18.2 Å². The number of anilines is 2. The molecule has 3 N–H and O–H groups in total. The van der Waals surface area contributed by atoms with E-state index in [1.807, 2.05) is 19.1 Å². The number of halogens is 1. The van der Waals surface area contributed by atoms with E-state index in [1.54, 1.807) is 32.9 Å². The molecule has 30 heavy (non-hydrogen) atoms. The number of benzene rings is 2. The quantitative estimate of drug-likeness (QED) is 0.657. The third-order valence-electron chi connectivity index (χ3n) is 3.92. The largest absolute Gasteiger partial charge is 0.444 e. The lowest BCUT2D eigenvalue weighted by molar-refractivity contribution is -0.116. The van der Waals surface area contributed by atoms with E-state index in [-0.39, 0.29) is 30.2 Å². The van der Waals surface area contributed by atoms with Crippen LogP contribution in [0, 0.1) is 12.7 Å². The van der Waals surface area contributed by atoms with Gasteiger partial charge in [0.05, 0.1) is 11.4 Å². The predicted octanol–water partition coefficient (Wildman–Crippen LogP) is 4.24. The first-order chi connectivity index (χ1) is 14.0. The van der Waals surface area contributed by atoms with Gasteiger partial charge in [0.15, 0.2) is 0 Å². The second-order valence-corrected chi connectivity index (χ2v) is 7.69. The van der Waals surface area contributed by atoms with Crippen LogP contribution >= 0.6 is 0 Å². The van der Waals surface area contributed by atoms with Gasteiger partial charge in [0, 0.05) is 18.5 Å². The van der Waals surface area contributed by atoms with Crippen molar-refractivity contribution in [2.75, 3.05) is 17.2 Å². The van der Waals surface area contributed by atoms with Crippen LogP contribution in [0.3, 0.4) is 0 Å². The minimum absolute atomic E-state index is 0.0278. The number of carbonyl (C=O) groups is 3. The van der Waals surface area contributed by atoms with Crippen LogP contribution in [0.25, 0.3) is 0 Å². The van der Waals surface area contributed by atoms with Gasteiger partial charge in [-0.25, -0.2) is 9.18 Å². The zero-order valence-electron chi connectivity index (χ0n) is 17.5. The number of nitrogens with one attached hydrogen (secondary N) is 3. The van der Waals surface area contributed by atoms with Crippen molar-refractivity contribution in [1.82, 2.24) is 5.32 Å². The standard InChI is InChI=1S/C22H26FN3O4/c1-14-7-5-6-8-16(14)20(28)24-12-11-19(27)25-18-13-15(23)9-10-17(18)26-21(29)30-22(2,3)4/h5-10,13H,11-12H2,1-4H3,(H,24,28)(H,25,27)(H,26,29). The molecule has 2 aromatic rings. The molecule has 0 spiro atoms. The number of rotatable bonds is 6. The molecule has 0 atom stereocenters. The highest BCUT2D eigenvalue weighted by atomic mass is 19.1. The molecule has 7 nitrogen and oxygen atoms in total. The predicted molar refractivity (Wildman–Crippen MR) is 113 cm³/mol. The van der Waals surface area contributed by atoms with Crippen molar-refractivity contribution in [3.63, 3.8) is 0 Å². The van der Waals surface area contributed by atoms with Crippen molar-refractivity contribution in [2.45, 2.75) is 39.7 Å². The molecule has 0 saturated carbocycles. The van der Waals surface area contributed by atoms with Crippen molar-refractivity contribution < 1.29 is 23.5 Å². The average Bonchev–Trinajstić information content (AvgIpc) is 2.62. The van der Waals surface area contributed by atoms with Crippen LogP contribution in [0.4, 0.5) is 20.6 Å². The summed E-state index contributed by atoms with van der Waals surface area (Å²) < 4.78 is 18.8. The summed E-state index contributed by atoms with van der Waals surface area (Å²) in [6, 6.07) is 10.7. The Bertz CT molecular complexity index is 938. The Morgan fingerprint density at radius 3 is 2.37 bits per heavy atom. The SMILES string of the molecule is Cc1ccccc1C(=O)NCCC(=O)Nc1cc(F)ccc1NC(=O)OC(C)(C)C. The molecule has 0 radical (unpaired) electrons. The van der Waals surface area contributed by atoms with E-state index in [9.17, 15) is 18.8 Å². The van der Waals surface area contributed by atoms with Crippen LogP contribution in [-0.2, 0) is 9.53 Å². The second kappa shape index (κ2) is 9.87. The van der Waals surface area contributed by atoms with Crippen LogP contribution in [-0.4, -0.2) is 30.1 Å². The van der Waals surface area contributed by atoms with Gasteiger partial charge in [-0.2, -0.15) is 0 Å². The number of carbonyl (C=O) groups excluding carboxylic acids is 3. The minimum atomic E-state index is -0.727. The van der Waals surface area contributed by atoms with E-state index < -0.39 is 23.4 Å². The average molecular weight is 415 g/mol. The molecular formula is C22H26FN3O4. The molecule has 160 valence electrons. The number of ether oxygens (including phenoxy) is 1. The van der Waals surface area contributed by atoms with E-state index in [2.05, 4.69) is 16.0 Å². The zero-order valence-corrected chi connectivity index (χ0v) is 17.5. The Kier molecular flexibility index (Phi) is 7.52. The van der Waals surface area contributed by atoms with Gasteiger partial charge < -0.3 is 15.4 Å². The Morgan fingerprint density at radius 2 is 1.70 bits per heavy atom. The summed E-state index contributed by atoms with van der Waals surface area (Å²) in [6.07, 6.45) is -0.755. The van der Waals surface area contributed by atoms with Crippen molar-refractivity contribution >= 4 is 29.3 Å². The first-order valence-corrected chi connectivity index (χ1v) is 9.48. The summed E-state index contributed by atoms with van der Waals surface area (Å²) in [4.78, 5) is 36.4. The first kappa shape index (κ1) is 22.9. The molecule has 0 unspecified atom stereocenters. The molecule has 3 amide bonds. The van der Waals surface area contributed by atoms with Gasteiger partial charge in [0.2, 0.25) is 5.91 Å². The van der Waals surface area contributed by atoms with Gasteiger partial charge in [-0.15, -0.1) is 0 Å². The maximum atomic E-state index is 13.6. The molecule has 2 aromatic carbocycles. The molecule has 0 aromatic heterocycles. The summed E-state index contributed by atoms with van der Waals surface area (Å²) in [5.41, 5.74) is 0.950. The topological polar surface area (TPSA) is 96.5 Å². The number of amides is 3. The molecule has 0 aliphatic rings. The molecule has 8 heteroatoms. The van der Waals surface area contributed by atoms with Gasteiger partial charge in [-0.3, -0.25) is 14.9 Å². The van der Waals surface area contributed by atoms with E-state index in [4.69, 9.17) is 4.74 Å². The molecule has 0 saturated heterocycles. The highest BCUT2D eigenvalue weighted by Crippen LogP contribution is 2.24. The molecule has 0 aliphatic carbocycles. The van der Waals surface area contributed by atoms with Gasteiger partial charge in [-0.05, 0) is 57.5 Å². The molecule has 0 heterocycles. The first-order valence-electron chi connectivity index (χ1n) is 9.48. The second-order valence-electron chi connectivity index (χ2n) is 7.69. The maximum Gasteiger partial charge on any atom is 0.412 e. The molecule has 2 rings (SSSR count). The van der Waals surface area contributed by atoms with Crippen molar-refractivity contribution in [2.24, 2.45) is 0 Å². The van der Waals surface area contributed by atoms with Crippen LogP contribution in [0.2, 0.25) is 0 Å². The van der Waals surface area contributed by atoms with Crippen LogP contribution in [0.1, 0.15) is 43.1 Å². The molecule has 0 bridgehead atoms. The number of hydrogen-bond donors (Lipinski definition) is 3. The Morgan fingerprint density at radius 1 is 1.00 bits per heavy atom. The van der Waals surface area contributed by atoms with Gasteiger partial charge >= 0.3 is 6.09 Å². The summed E-state index contributed by atoms with van der Waals surface area (Å²) in [5.74, 6) is -1.30. The number of aryl methyl sites for hydroxylation is 1. The lowest BCUT2D eigenvalue weighted by Gasteiger charge is -2.20. The minimum Gasteiger partial charge on any atom is -0.444 e. The fourth-order valence-corrected chi connectivity index (χ4v) is 2.57. The van der Waals surface area contributed by atoms with Crippen molar-refractivity contribution in [1.29, 1.82) is 0 Å². The Labute approximate surface area is 175 Å². The van der Waals surface area contributed by atoms with Crippen LogP contribution < -0.4 is 16.0 Å². The lowest BCUT2D eigenvalue weighted by Crippen LogP contribution is -2.29. The monoisotopic (exact) mass is 415 g/mol. The smallest absolute Gasteiger partial charge is 0.412 e. The highest BCUT2D eigenvalue weighted by Gasteiger charge is 2.18. The normalized spacial score (nSPS) is 10.8. The van der Waals surface area contributed by atoms with Gasteiger partial charge in [0.1, 0.15) is 11.4 Å². The summed E-state index contributed by atoms with van der Waals surface area (Å²) >= 11 is 0. The fourth-order valence-electron chi connectivity index (χ4n) is 2.57. The summed E-state index contributed by atoms with van der Waals surface area (Å²) in [7, 11) is 0. The fraction of sp³-hybridized carbons (Fsp3) is 0.318. The number of hydrogen-bond acceptors (Lipinski definition) is 4. The van der Waals surface area contributed by atoms with Crippen molar-refractivity contribution in [3.05, 3.63) is 59.4 Å². The van der Waals surface area contributed by atoms with E-state index in [1.165, 1.54) is 6.07 Å². The molecular weight excluding hydrogens is 389 g/mol. The summed E-state index contributed by atoms with van der Waals surface area (Å²) in [5, 5.41) is 7.71. The third kappa shape index (κ3) is 7.20. The third-order valence-corrected chi connectivity index (χ3v) is 3.92. The van der Waals surface area contributed by atoms with Crippen LogP contribution in [0.15, 0.2) is 42.5 Å². The Balaban J connectivity index is 1.94. The van der Waals surface area contributed by atoms with Crippen molar-refractivity contribution in [3.8, 4) is 0 Å². The summed E-state index contributed by atoms with van der Waals surface area (Å²) in [6.45, 7) is 7.06. The van der Waals surface area contributed by atoms with Crippen LogP contribution in [0.5, 0.6) is 0 Å². The van der Waals surface area contributed by atoms with Gasteiger partial charge in [0.25, 0.3) is 5.91 Å². The molecule has 0 aliphatic heterocycles. The van der Waals surface area contributed by atoms with E-state index >= 15 is 0 Å². The van der Waals surface area contributed by atoms with E-state index in [0.717, 1.165) is 17.7 Å².